The number of rotatable bonds is 3. The van der Waals surface area contributed by atoms with Crippen molar-refractivity contribution in [3.8, 4) is 11.3 Å². The normalized spacial score (nSPS) is 16.1. The number of fused-ring (bicyclic) bond motifs is 1. The van der Waals surface area contributed by atoms with E-state index in [1.165, 1.54) is 5.56 Å². The molecule has 1 aromatic heterocycles. The first-order valence-electron chi connectivity index (χ1n) is 10.6. The summed E-state index contributed by atoms with van der Waals surface area (Å²) in [6, 6.07) is 15.7. The quantitative estimate of drug-likeness (QED) is 0.586. The molecule has 1 aliphatic heterocycles. The van der Waals surface area contributed by atoms with E-state index >= 15 is 0 Å². The van der Waals surface area contributed by atoms with Gasteiger partial charge in [0.15, 0.2) is 0 Å². The molecule has 0 radical (unpaired) electrons. The molecule has 152 valence electrons. The van der Waals surface area contributed by atoms with E-state index in [9.17, 15) is 4.79 Å². The SMILES string of the molecule is Cc1ccc(C(=O)N2CCc3nc(C4CC4)nc(-c4ccc(Cl)cc4)c3CC2)cc1. The van der Waals surface area contributed by atoms with Crippen LogP contribution in [0, 0.1) is 6.92 Å². The summed E-state index contributed by atoms with van der Waals surface area (Å²) in [5, 5.41) is 0.719. The van der Waals surface area contributed by atoms with Crippen LogP contribution in [-0.2, 0) is 12.8 Å². The van der Waals surface area contributed by atoms with Gasteiger partial charge in [-0.05, 0) is 50.5 Å². The lowest BCUT2D eigenvalue weighted by Gasteiger charge is -2.20. The van der Waals surface area contributed by atoms with Gasteiger partial charge in [0.25, 0.3) is 5.91 Å². The van der Waals surface area contributed by atoms with E-state index in [1.807, 2.05) is 60.4 Å². The van der Waals surface area contributed by atoms with Gasteiger partial charge in [0, 0.05) is 52.8 Å². The Kier molecular flexibility index (Phi) is 5.03. The Labute approximate surface area is 181 Å². The van der Waals surface area contributed by atoms with Crippen molar-refractivity contribution < 1.29 is 4.79 Å². The van der Waals surface area contributed by atoms with Crippen LogP contribution < -0.4 is 0 Å². The molecule has 0 spiro atoms. The van der Waals surface area contributed by atoms with Crippen molar-refractivity contribution in [1.82, 2.24) is 14.9 Å². The average Bonchev–Trinajstić information content (AvgIpc) is 3.61. The fourth-order valence-corrected chi connectivity index (χ4v) is 4.20. The molecular formula is C25H24ClN3O. The predicted octanol–water partition coefficient (Wildman–Crippen LogP) is 5.22. The zero-order chi connectivity index (χ0) is 20.7. The summed E-state index contributed by atoms with van der Waals surface area (Å²) in [5.41, 5.74) is 6.23. The lowest BCUT2D eigenvalue weighted by molar-refractivity contribution is 0.0763. The Morgan fingerprint density at radius 2 is 1.67 bits per heavy atom. The van der Waals surface area contributed by atoms with Crippen molar-refractivity contribution in [1.29, 1.82) is 0 Å². The lowest BCUT2D eigenvalue weighted by atomic mass is 10.0. The number of carbonyl (C=O) groups is 1. The second kappa shape index (κ2) is 7.84. The third-order valence-electron chi connectivity index (χ3n) is 6.01. The molecule has 1 amide bonds. The van der Waals surface area contributed by atoms with Crippen molar-refractivity contribution in [3.05, 3.63) is 81.8 Å². The molecule has 5 heteroatoms. The maximum absolute atomic E-state index is 13.1. The minimum absolute atomic E-state index is 0.0891. The number of aryl methyl sites for hydroxylation is 1. The van der Waals surface area contributed by atoms with Crippen LogP contribution in [0.5, 0.6) is 0 Å². The van der Waals surface area contributed by atoms with Gasteiger partial charge in [0.1, 0.15) is 5.82 Å². The maximum Gasteiger partial charge on any atom is 0.253 e. The number of hydrogen-bond donors (Lipinski definition) is 0. The highest BCUT2D eigenvalue weighted by molar-refractivity contribution is 6.30. The molecule has 4 nitrogen and oxygen atoms in total. The minimum atomic E-state index is 0.0891. The van der Waals surface area contributed by atoms with E-state index in [4.69, 9.17) is 21.6 Å². The average molecular weight is 418 g/mol. The highest BCUT2D eigenvalue weighted by atomic mass is 35.5. The molecule has 5 rings (SSSR count). The minimum Gasteiger partial charge on any atom is -0.338 e. The van der Waals surface area contributed by atoms with Gasteiger partial charge in [-0.2, -0.15) is 0 Å². The van der Waals surface area contributed by atoms with Gasteiger partial charge in [-0.3, -0.25) is 4.79 Å². The highest BCUT2D eigenvalue weighted by Gasteiger charge is 2.30. The molecule has 30 heavy (non-hydrogen) atoms. The van der Waals surface area contributed by atoms with Crippen LogP contribution in [0.4, 0.5) is 0 Å². The van der Waals surface area contributed by atoms with Gasteiger partial charge in [-0.1, -0.05) is 41.4 Å². The Bertz CT molecular complexity index is 1090. The molecule has 3 aromatic rings. The predicted molar refractivity (Wildman–Crippen MR) is 119 cm³/mol. The second-order valence-corrected chi connectivity index (χ2v) is 8.73. The second-order valence-electron chi connectivity index (χ2n) is 8.30. The van der Waals surface area contributed by atoms with Crippen molar-refractivity contribution in [2.45, 2.75) is 38.5 Å². The van der Waals surface area contributed by atoms with E-state index in [0.29, 0.717) is 19.0 Å². The number of hydrogen-bond acceptors (Lipinski definition) is 3. The first-order valence-corrected chi connectivity index (χ1v) is 11.0. The number of amides is 1. The first kappa shape index (κ1) is 19.3. The maximum atomic E-state index is 13.1. The molecule has 0 N–H and O–H groups in total. The molecule has 1 fully saturated rings. The summed E-state index contributed by atoms with van der Waals surface area (Å²) >= 11 is 6.11. The summed E-state index contributed by atoms with van der Waals surface area (Å²) in [5.74, 6) is 1.53. The van der Waals surface area contributed by atoms with Crippen LogP contribution in [0.25, 0.3) is 11.3 Å². The Hall–Kier alpha value is -2.72. The summed E-state index contributed by atoms with van der Waals surface area (Å²) in [6.45, 7) is 3.39. The largest absolute Gasteiger partial charge is 0.338 e. The van der Waals surface area contributed by atoms with Gasteiger partial charge < -0.3 is 4.90 Å². The highest BCUT2D eigenvalue weighted by Crippen LogP contribution is 2.40. The standard InChI is InChI=1S/C25H24ClN3O/c1-16-2-4-19(5-3-16)25(30)29-14-12-21-22(13-15-29)27-24(18-6-7-18)28-23(21)17-8-10-20(26)11-9-17/h2-5,8-11,18H,6-7,12-15H2,1H3. The third kappa shape index (κ3) is 3.84. The van der Waals surface area contributed by atoms with E-state index in [-0.39, 0.29) is 5.91 Å². The van der Waals surface area contributed by atoms with E-state index < -0.39 is 0 Å². The van der Waals surface area contributed by atoms with Gasteiger partial charge >= 0.3 is 0 Å². The van der Waals surface area contributed by atoms with Crippen LogP contribution in [0.15, 0.2) is 48.5 Å². The topological polar surface area (TPSA) is 46.1 Å². The Morgan fingerprint density at radius 3 is 2.37 bits per heavy atom. The summed E-state index contributed by atoms with van der Waals surface area (Å²) in [7, 11) is 0. The van der Waals surface area contributed by atoms with Crippen LogP contribution in [0.3, 0.4) is 0 Å². The van der Waals surface area contributed by atoms with Gasteiger partial charge in [0.2, 0.25) is 0 Å². The van der Waals surface area contributed by atoms with Crippen LogP contribution >= 0.6 is 11.6 Å². The van der Waals surface area contributed by atoms with Crippen molar-refractivity contribution in [3.63, 3.8) is 0 Å². The molecule has 0 atom stereocenters. The molecule has 0 bridgehead atoms. The van der Waals surface area contributed by atoms with Gasteiger partial charge in [-0.15, -0.1) is 0 Å². The van der Waals surface area contributed by atoms with Crippen molar-refractivity contribution >= 4 is 17.5 Å². The monoisotopic (exact) mass is 417 g/mol. The summed E-state index contributed by atoms with van der Waals surface area (Å²) < 4.78 is 0. The van der Waals surface area contributed by atoms with Gasteiger partial charge in [0.05, 0.1) is 5.69 Å². The van der Waals surface area contributed by atoms with Crippen molar-refractivity contribution in [2.24, 2.45) is 0 Å². The summed E-state index contributed by atoms with van der Waals surface area (Å²) in [4.78, 5) is 24.9. The van der Waals surface area contributed by atoms with Crippen LogP contribution in [-0.4, -0.2) is 33.9 Å². The number of halogens is 1. The van der Waals surface area contributed by atoms with Crippen molar-refractivity contribution in [2.75, 3.05) is 13.1 Å². The molecule has 2 heterocycles. The molecule has 0 saturated heterocycles. The Morgan fingerprint density at radius 1 is 0.967 bits per heavy atom. The van der Waals surface area contributed by atoms with E-state index in [1.54, 1.807) is 0 Å². The van der Waals surface area contributed by atoms with E-state index in [0.717, 1.165) is 64.6 Å². The van der Waals surface area contributed by atoms with E-state index in [2.05, 4.69) is 0 Å². The molecule has 1 aliphatic carbocycles. The van der Waals surface area contributed by atoms with Crippen LogP contribution in [0.2, 0.25) is 5.02 Å². The fraction of sp³-hybridized carbons (Fsp3) is 0.320. The first-order chi connectivity index (χ1) is 14.6. The number of benzene rings is 2. The molecule has 1 saturated carbocycles. The zero-order valence-electron chi connectivity index (χ0n) is 17.1. The number of aromatic nitrogens is 2. The summed E-state index contributed by atoms with van der Waals surface area (Å²) in [6.07, 6.45) is 3.85. The fourth-order valence-electron chi connectivity index (χ4n) is 4.07. The number of carbonyl (C=O) groups excluding carboxylic acids is 1. The lowest BCUT2D eigenvalue weighted by Crippen LogP contribution is -2.33. The number of nitrogens with zero attached hydrogens (tertiary/aromatic N) is 3. The molecule has 2 aliphatic rings. The molecular weight excluding hydrogens is 394 g/mol. The Balaban J connectivity index is 1.47. The van der Waals surface area contributed by atoms with Crippen LogP contribution in [0.1, 0.15) is 51.8 Å². The third-order valence-corrected chi connectivity index (χ3v) is 6.26. The van der Waals surface area contributed by atoms with Gasteiger partial charge in [-0.25, -0.2) is 9.97 Å². The molecule has 0 unspecified atom stereocenters. The zero-order valence-corrected chi connectivity index (χ0v) is 17.8. The molecule has 2 aromatic carbocycles. The smallest absolute Gasteiger partial charge is 0.253 e.